The van der Waals surface area contributed by atoms with Crippen molar-refractivity contribution in [3.63, 3.8) is 0 Å². The summed E-state index contributed by atoms with van der Waals surface area (Å²) in [7, 11) is 1.29. The van der Waals surface area contributed by atoms with Gasteiger partial charge in [0.25, 0.3) is 0 Å². The van der Waals surface area contributed by atoms with Crippen LogP contribution in [0.3, 0.4) is 0 Å². The smallest absolute Gasteiger partial charge is 0.350 e. The molecule has 0 spiro atoms. The van der Waals surface area contributed by atoms with E-state index in [4.69, 9.17) is 18.0 Å². The predicted molar refractivity (Wildman–Crippen MR) is 74.9 cm³/mol. The zero-order chi connectivity index (χ0) is 13.7. The van der Waals surface area contributed by atoms with Crippen LogP contribution in [0, 0.1) is 5.92 Å². The maximum atomic E-state index is 11.9. The fraction of sp³-hybridized carbons (Fsp3) is 0.364. The van der Waals surface area contributed by atoms with E-state index in [1.807, 2.05) is 6.92 Å². The van der Waals surface area contributed by atoms with Crippen LogP contribution in [-0.4, -0.2) is 24.0 Å². The Labute approximate surface area is 114 Å². The Hall–Kier alpha value is -1.47. The number of nitrogens with one attached hydrogen (secondary N) is 1. The van der Waals surface area contributed by atoms with E-state index in [2.05, 4.69) is 10.1 Å². The van der Waals surface area contributed by atoms with Crippen LogP contribution in [0.2, 0.25) is 0 Å². The molecule has 18 heavy (non-hydrogen) atoms. The highest BCUT2D eigenvalue weighted by atomic mass is 32.1. The number of anilines is 1. The average Bonchev–Trinajstić information content (AvgIpc) is 2.76. The number of carbonyl (C=O) groups excluding carboxylic acids is 2. The Morgan fingerprint density at radius 1 is 1.61 bits per heavy atom. The summed E-state index contributed by atoms with van der Waals surface area (Å²) in [6.45, 7) is 1.82. The lowest BCUT2D eigenvalue weighted by Crippen LogP contribution is -2.32. The van der Waals surface area contributed by atoms with Crippen LogP contribution < -0.4 is 11.1 Å². The maximum Gasteiger partial charge on any atom is 0.350 e. The summed E-state index contributed by atoms with van der Waals surface area (Å²) in [6, 6.07) is 1.64. The first-order valence-electron chi connectivity index (χ1n) is 5.27. The van der Waals surface area contributed by atoms with E-state index in [0.29, 0.717) is 17.0 Å². The molecule has 1 amide bonds. The van der Waals surface area contributed by atoms with E-state index in [9.17, 15) is 9.59 Å². The molecule has 0 aliphatic rings. The summed E-state index contributed by atoms with van der Waals surface area (Å²) < 4.78 is 4.62. The topological polar surface area (TPSA) is 81.4 Å². The fourth-order valence-corrected chi connectivity index (χ4v) is 2.43. The molecule has 98 valence electrons. The third-order valence-corrected chi connectivity index (χ3v) is 3.54. The normalized spacial score (nSPS) is 11.7. The van der Waals surface area contributed by atoms with E-state index >= 15 is 0 Å². The molecule has 1 aromatic heterocycles. The lowest BCUT2D eigenvalue weighted by molar-refractivity contribution is -0.118. The molecule has 0 radical (unpaired) electrons. The molecule has 1 aromatic rings. The van der Waals surface area contributed by atoms with Gasteiger partial charge in [-0.1, -0.05) is 19.1 Å². The van der Waals surface area contributed by atoms with Crippen molar-refractivity contribution in [2.45, 2.75) is 13.3 Å². The monoisotopic (exact) mass is 286 g/mol. The van der Waals surface area contributed by atoms with Crippen molar-refractivity contribution in [2.24, 2.45) is 11.7 Å². The number of ether oxygens (including phenoxy) is 1. The summed E-state index contributed by atoms with van der Waals surface area (Å²) >= 11 is 6.02. The van der Waals surface area contributed by atoms with Gasteiger partial charge in [0, 0.05) is 0 Å². The summed E-state index contributed by atoms with van der Waals surface area (Å²) in [5, 5.41) is 4.34. The first-order chi connectivity index (χ1) is 8.51. The van der Waals surface area contributed by atoms with E-state index in [-0.39, 0.29) is 10.9 Å². The highest BCUT2D eigenvalue weighted by Crippen LogP contribution is 2.24. The lowest BCUT2D eigenvalue weighted by Gasteiger charge is -2.13. The van der Waals surface area contributed by atoms with Crippen LogP contribution in [-0.2, 0) is 9.53 Å². The molecule has 3 N–H and O–H groups in total. The number of rotatable bonds is 5. The van der Waals surface area contributed by atoms with Crippen LogP contribution >= 0.6 is 23.6 Å². The lowest BCUT2D eigenvalue weighted by atomic mass is 10.1. The fourth-order valence-electron chi connectivity index (χ4n) is 1.39. The molecule has 7 heteroatoms. The van der Waals surface area contributed by atoms with E-state index in [1.165, 1.54) is 18.4 Å². The van der Waals surface area contributed by atoms with E-state index in [0.717, 1.165) is 0 Å². The Balaban J connectivity index is 2.85. The molecule has 1 unspecified atom stereocenters. The van der Waals surface area contributed by atoms with Gasteiger partial charge in [-0.3, -0.25) is 4.79 Å². The van der Waals surface area contributed by atoms with Crippen LogP contribution in [0.25, 0.3) is 0 Å². The Kier molecular flexibility index (Phi) is 5.24. The number of esters is 1. The molecule has 1 rings (SSSR count). The molecule has 0 aliphatic carbocycles. The summed E-state index contributed by atoms with van der Waals surface area (Å²) in [4.78, 5) is 23.9. The van der Waals surface area contributed by atoms with Gasteiger partial charge < -0.3 is 15.8 Å². The van der Waals surface area contributed by atoms with Crippen LogP contribution in [0.5, 0.6) is 0 Å². The molecule has 0 saturated carbocycles. The number of thiophene rings is 1. The molecule has 0 aliphatic heterocycles. The van der Waals surface area contributed by atoms with Crippen molar-refractivity contribution in [1.82, 2.24) is 0 Å². The summed E-state index contributed by atoms with van der Waals surface area (Å²) in [5.74, 6) is -1.33. The number of hydrogen-bond donors (Lipinski definition) is 2. The Bertz CT molecular complexity index is 471. The first kappa shape index (κ1) is 14.6. The van der Waals surface area contributed by atoms with Gasteiger partial charge in [0.15, 0.2) is 0 Å². The third kappa shape index (κ3) is 3.27. The highest BCUT2D eigenvalue weighted by Gasteiger charge is 2.22. The predicted octanol–water partition coefficient (Wildman–Crippen LogP) is 1.79. The van der Waals surface area contributed by atoms with E-state index in [1.54, 1.807) is 11.4 Å². The van der Waals surface area contributed by atoms with Gasteiger partial charge in [0.05, 0.1) is 23.7 Å². The number of thiocarbonyl (C=S) groups is 1. The van der Waals surface area contributed by atoms with Crippen LogP contribution in [0.1, 0.15) is 23.0 Å². The first-order valence-corrected chi connectivity index (χ1v) is 6.56. The largest absolute Gasteiger partial charge is 0.465 e. The van der Waals surface area contributed by atoms with Gasteiger partial charge in [-0.2, -0.15) is 0 Å². The zero-order valence-corrected chi connectivity index (χ0v) is 11.7. The second kappa shape index (κ2) is 6.46. The quantitative estimate of drug-likeness (QED) is 0.637. The molecule has 5 nitrogen and oxygen atoms in total. The number of amides is 1. The molecular weight excluding hydrogens is 272 g/mol. The standard InChI is InChI=1S/C11H14N2O3S2/c1-3-6(9(12)17)10(14)13-7-4-5-18-8(7)11(15)16-2/h4-6H,3H2,1-2H3,(H2,12,17)(H,13,14). The minimum atomic E-state index is -0.537. The van der Waals surface area contributed by atoms with Gasteiger partial charge in [-0.05, 0) is 17.9 Å². The number of carbonyl (C=O) groups is 2. The van der Waals surface area contributed by atoms with Crippen molar-refractivity contribution in [1.29, 1.82) is 0 Å². The molecule has 0 bridgehead atoms. The molecule has 0 aromatic carbocycles. The molecule has 1 heterocycles. The van der Waals surface area contributed by atoms with Crippen molar-refractivity contribution in [3.8, 4) is 0 Å². The van der Waals surface area contributed by atoms with Crippen LogP contribution in [0.4, 0.5) is 5.69 Å². The maximum absolute atomic E-state index is 11.9. The summed E-state index contributed by atoms with van der Waals surface area (Å²) in [6.07, 6.45) is 0.513. The number of methoxy groups -OCH3 is 1. The average molecular weight is 286 g/mol. The van der Waals surface area contributed by atoms with Gasteiger partial charge in [-0.15, -0.1) is 11.3 Å². The van der Waals surface area contributed by atoms with Crippen molar-refractivity contribution in [3.05, 3.63) is 16.3 Å². The zero-order valence-electron chi connectivity index (χ0n) is 10.1. The number of nitrogens with two attached hydrogens (primary N) is 1. The second-order valence-corrected chi connectivity index (χ2v) is 4.89. The third-order valence-electron chi connectivity index (χ3n) is 2.36. The van der Waals surface area contributed by atoms with Gasteiger partial charge in [0.2, 0.25) is 5.91 Å². The van der Waals surface area contributed by atoms with Gasteiger partial charge >= 0.3 is 5.97 Å². The van der Waals surface area contributed by atoms with Gasteiger partial charge in [0.1, 0.15) is 4.88 Å². The van der Waals surface area contributed by atoms with Crippen molar-refractivity contribution >= 4 is 46.1 Å². The molecular formula is C11H14N2O3S2. The molecule has 0 saturated heterocycles. The Morgan fingerprint density at radius 2 is 2.28 bits per heavy atom. The minimum Gasteiger partial charge on any atom is -0.465 e. The molecule has 1 atom stereocenters. The summed E-state index contributed by atoms with van der Waals surface area (Å²) in [5.41, 5.74) is 5.91. The Morgan fingerprint density at radius 3 is 2.78 bits per heavy atom. The second-order valence-electron chi connectivity index (χ2n) is 3.51. The highest BCUT2D eigenvalue weighted by molar-refractivity contribution is 7.80. The minimum absolute atomic E-state index is 0.143. The number of hydrogen-bond acceptors (Lipinski definition) is 5. The van der Waals surface area contributed by atoms with E-state index < -0.39 is 11.9 Å². The SMILES string of the molecule is CCC(C(=O)Nc1ccsc1C(=O)OC)C(N)=S. The van der Waals surface area contributed by atoms with Crippen molar-refractivity contribution < 1.29 is 14.3 Å². The molecule has 0 fully saturated rings. The van der Waals surface area contributed by atoms with Crippen molar-refractivity contribution in [2.75, 3.05) is 12.4 Å². The van der Waals surface area contributed by atoms with Gasteiger partial charge in [-0.25, -0.2) is 4.79 Å². The van der Waals surface area contributed by atoms with Crippen LogP contribution in [0.15, 0.2) is 11.4 Å².